The molecule has 0 spiro atoms. The fraction of sp³-hybridized carbons (Fsp3) is 0.471. The maximum absolute atomic E-state index is 12.6. The minimum Gasteiger partial charge on any atom is -0.497 e. The fourth-order valence-corrected chi connectivity index (χ4v) is 2.89. The minimum atomic E-state index is -1.03. The first-order chi connectivity index (χ1) is 11.9. The molecule has 8 nitrogen and oxygen atoms in total. The molecule has 1 fully saturated rings. The Morgan fingerprint density at radius 3 is 2.52 bits per heavy atom. The number of aliphatic carboxylic acids is 1. The topological polar surface area (TPSA) is 113 Å². The number of amides is 2. The van der Waals surface area contributed by atoms with Crippen molar-refractivity contribution in [3.8, 4) is 5.75 Å². The Kier molecular flexibility index (Phi) is 6.21. The van der Waals surface area contributed by atoms with E-state index in [4.69, 9.17) is 15.6 Å². The molecule has 2 rings (SSSR count). The molecule has 25 heavy (non-hydrogen) atoms. The quantitative estimate of drug-likeness (QED) is 0.732. The van der Waals surface area contributed by atoms with Crippen LogP contribution in [0.2, 0.25) is 0 Å². The van der Waals surface area contributed by atoms with E-state index in [9.17, 15) is 14.4 Å². The molecular weight excluding hydrogens is 326 g/mol. The number of nitrogens with zero attached hydrogens (tertiary/aromatic N) is 2. The lowest BCUT2D eigenvalue weighted by Crippen LogP contribution is -2.48. The Labute approximate surface area is 146 Å². The maximum atomic E-state index is 12.6. The number of hydrogen-bond acceptors (Lipinski definition) is 5. The van der Waals surface area contributed by atoms with Gasteiger partial charge in [0.05, 0.1) is 19.6 Å². The van der Waals surface area contributed by atoms with Gasteiger partial charge < -0.3 is 25.4 Å². The highest BCUT2D eigenvalue weighted by Gasteiger charge is 2.28. The van der Waals surface area contributed by atoms with Crippen LogP contribution >= 0.6 is 0 Å². The molecule has 8 heteroatoms. The van der Waals surface area contributed by atoms with Crippen LogP contribution in [-0.2, 0) is 14.4 Å². The van der Waals surface area contributed by atoms with Gasteiger partial charge in [0, 0.05) is 18.8 Å². The van der Waals surface area contributed by atoms with E-state index >= 15 is 0 Å². The largest absolute Gasteiger partial charge is 0.497 e. The smallest absolute Gasteiger partial charge is 0.323 e. The summed E-state index contributed by atoms with van der Waals surface area (Å²) in [5.41, 5.74) is 5.95. The van der Waals surface area contributed by atoms with E-state index in [1.54, 1.807) is 36.3 Å². The summed E-state index contributed by atoms with van der Waals surface area (Å²) in [7, 11) is 1.54. The van der Waals surface area contributed by atoms with Gasteiger partial charge in [-0.15, -0.1) is 0 Å². The summed E-state index contributed by atoms with van der Waals surface area (Å²) in [5.74, 6) is -1.35. The molecule has 136 valence electrons. The van der Waals surface area contributed by atoms with Gasteiger partial charge in [0.2, 0.25) is 11.8 Å². The third-order valence-electron chi connectivity index (χ3n) is 4.27. The van der Waals surface area contributed by atoms with E-state index in [1.807, 2.05) is 0 Å². The maximum Gasteiger partial charge on any atom is 0.323 e. The predicted molar refractivity (Wildman–Crippen MR) is 91.3 cm³/mol. The zero-order chi connectivity index (χ0) is 18.4. The van der Waals surface area contributed by atoms with E-state index in [-0.39, 0.29) is 31.5 Å². The van der Waals surface area contributed by atoms with Crippen molar-refractivity contribution >= 4 is 23.5 Å². The molecule has 1 aliphatic rings. The Bertz CT molecular complexity index is 632. The summed E-state index contributed by atoms with van der Waals surface area (Å²) in [5, 5.41) is 9.13. The molecule has 1 atom stereocenters. The van der Waals surface area contributed by atoms with E-state index in [2.05, 4.69) is 0 Å². The summed E-state index contributed by atoms with van der Waals surface area (Å²) < 4.78 is 5.09. The van der Waals surface area contributed by atoms with E-state index in [0.29, 0.717) is 30.8 Å². The van der Waals surface area contributed by atoms with Gasteiger partial charge in [-0.1, -0.05) is 0 Å². The highest BCUT2D eigenvalue weighted by molar-refractivity contribution is 5.85. The molecule has 0 unspecified atom stereocenters. The number of primary amides is 1. The average molecular weight is 349 g/mol. The van der Waals surface area contributed by atoms with Crippen LogP contribution in [0.15, 0.2) is 24.3 Å². The molecule has 1 aromatic rings. The van der Waals surface area contributed by atoms with Crippen molar-refractivity contribution in [2.75, 3.05) is 38.2 Å². The van der Waals surface area contributed by atoms with E-state index in [1.165, 1.54) is 4.90 Å². The third kappa shape index (κ3) is 5.10. The first-order valence-corrected chi connectivity index (χ1v) is 8.08. The van der Waals surface area contributed by atoms with Crippen LogP contribution in [0.1, 0.15) is 12.8 Å². The lowest BCUT2D eigenvalue weighted by Gasteiger charge is -2.33. The van der Waals surface area contributed by atoms with Crippen molar-refractivity contribution in [2.24, 2.45) is 11.7 Å². The zero-order valence-corrected chi connectivity index (χ0v) is 14.2. The first kappa shape index (κ1) is 18.6. The number of carbonyl (C=O) groups is 3. The molecule has 1 aliphatic heterocycles. The van der Waals surface area contributed by atoms with E-state index < -0.39 is 11.9 Å². The summed E-state index contributed by atoms with van der Waals surface area (Å²) in [4.78, 5) is 38.1. The summed E-state index contributed by atoms with van der Waals surface area (Å²) in [6.45, 7) is 0.457. The molecule has 1 saturated heterocycles. The number of carboxylic acid groups (broad SMARTS) is 1. The number of ether oxygens (including phenoxy) is 1. The van der Waals surface area contributed by atoms with Crippen LogP contribution in [0.4, 0.5) is 5.69 Å². The molecule has 1 heterocycles. The van der Waals surface area contributed by atoms with Crippen LogP contribution in [0.3, 0.4) is 0 Å². The molecule has 2 amide bonds. The summed E-state index contributed by atoms with van der Waals surface area (Å²) in [6.07, 6.45) is 1.39. The standard InChI is InChI=1S/C17H23N3O5/c1-25-14-6-4-13(5-7-14)20(11-16(22)23)10-15(21)19-8-2-3-12(9-19)17(18)24/h4-7,12H,2-3,8-11H2,1H3,(H2,18,24)(H,22,23)/t12-/m0/s1. The van der Waals surface area contributed by atoms with Crippen LogP contribution in [0, 0.1) is 5.92 Å². The molecule has 3 N–H and O–H groups in total. The predicted octanol–water partition coefficient (Wildman–Crippen LogP) is 0.310. The van der Waals surface area contributed by atoms with Gasteiger partial charge in [0.1, 0.15) is 12.3 Å². The second-order valence-corrected chi connectivity index (χ2v) is 6.03. The van der Waals surface area contributed by atoms with Gasteiger partial charge in [-0.2, -0.15) is 0 Å². The van der Waals surface area contributed by atoms with Gasteiger partial charge in [-0.05, 0) is 37.1 Å². The van der Waals surface area contributed by atoms with Crippen molar-refractivity contribution in [3.63, 3.8) is 0 Å². The Morgan fingerprint density at radius 1 is 1.28 bits per heavy atom. The van der Waals surface area contributed by atoms with Gasteiger partial charge in [-0.25, -0.2) is 0 Å². The minimum absolute atomic E-state index is 0.0793. The number of likely N-dealkylation sites (tertiary alicyclic amines) is 1. The van der Waals surface area contributed by atoms with Crippen molar-refractivity contribution in [2.45, 2.75) is 12.8 Å². The van der Waals surface area contributed by atoms with Gasteiger partial charge in [0.25, 0.3) is 0 Å². The van der Waals surface area contributed by atoms with Crippen LogP contribution in [-0.4, -0.2) is 61.1 Å². The van der Waals surface area contributed by atoms with E-state index in [0.717, 1.165) is 0 Å². The summed E-state index contributed by atoms with van der Waals surface area (Å²) in [6, 6.07) is 6.83. The summed E-state index contributed by atoms with van der Waals surface area (Å²) >= 11 is 0. The zero-order valence-electron chi connectivity index (χ0n) is 14.2. The first-order valence-electron chi connectivity index (χ1n) is 8.08. The number of anilines is 1. The monoisotopic (exact) mass is 349 g/mol. The molecule has 0 radical (unpaired) electrons. The number of rotatable bonds is 7. The molecule has 0 aromatic heterocycles. The second kappa shape index (κ2) is 8.36. The number of hydrogen-bond donors (Lipinski definition) is 2. The number of carbonyl (C=O) groups excluding carboxylic acids is 2. The lowest BCUT2D eigenvalue weighted by atomic mass is 9.97. The average Bonchev–Trinajstić information content (AvgIpc) is 2.61. The van der Waals surface area contributed by atoms with Crippen molar-refractivity contribution in [1.82, 2.24) is 4.90 Å². The van der Waals surface area contributed by atoms with Gasteiger partial charge >= 0.3 is 5.97 Å². The van der Waals surface area contributed by atoms with Crippen molar-refractivity contribution in [3.05, 3.63) is 24.3 Å². The number of benzene rings is 1. The molecule has 1 aromatic carbocycles. The van der Waals surface area contributed by atoms with Crippen LogP contribution in [0.5, 0.6) is 5.75 Å². The highest BCUT2D eigenvalue weighted by Crippen LogP contribution is 2.20. The Balaban J connectivity index is 2.08. The highest BCUT2D eigenvalue weighted by atomic mass is 16.5. The fourth-order valence-electron chi connectivity index (χ4n) is 2.89. The number of piperidine rings is 1. The van der Waals surface area contributed by atoms with Crippen molar-refractivity contribution in [1.29, 1.82) is 0 Å². The molecule has 0 bridgehead atoms. The van der Waals surface area contributed by atoms with Crippen LogP contribution in [0.25, 0.3) is 0 Å². The molecule has 0 aliphatic carbocycles. The Morgan fingerprint density at radius 2 is 1.96 bits per heavy atom. The van der Waals surface area contributed by atoms with Gasteiger partial charge in [-0.3, -0.25) is 14.4 Å². The number of methoxy groups -OCH3 is 1. The lowest BCUT2D eigenvalue weighted by molar-refractivity contribution is -0.135. The van der Waals surface area contributed by atoms with Gasteiger partial charge in [0.15, 0.2) is 0 Å². The molecule has 0 saturated carbocycles. The molecular formula is C17H23N3O5. The number of carboxylic acids is 1. The number of nitrogens with two attached hydrogens (primary N) is 1. The SMILES string of the molecule is COc1ccc(N(CC(=O)O)CC(=O)N2CCC[C@H](C(N)=O)C2)cc1. The van der Waals surface area contributed by atoms with Crippen molar-refractivity contribution < 1.29 is 24.2 Å². The normalized spacial score (nSPS) is 17.0. The van der Waals surface area contributed by atoms with Crippen LogP contribution < -0.4 is 15.4 Å². The Hall–Kier alpha value is -2.77. The third-order valence-corrected chi connectivity index (χ3v) is 4.27. The second-order valence-electron chi connectivity index (χ2n) is 6.03.